The molecule has 0 aliphatic heterocycles. The molecule has 0 saturated heterocycles. The molecule has 2 heteroatoms. The molecule has 0 unspecified atom stereocenters. The zero-order valence-corrected chi connectivity index (χ0v) is 12.1. The van der Waals surface area contributed by atoms with Gasteiger partial charge in [-0.2, -0.15) is 0 Å². The molecule has 4 rings (SSSR count). The van der Waals surface area contributed by atoms with Gasteiger partial charge in [0.2, 0.25) is 5.89 Å². The van der Waals surface area contributed by atoms with Crippen LogP contribution in [0.3, 0.4) is 0 Å². The minimum absolute atomic E-state index is 0.681. The molecule has 0 amide bonds. The number of rotatable bonds is 1. The highest BCUT2D eigenvalue weighted by molar-refractivity contribution is 5.87. The highest BCUT2D eigenvalue weighted by atomic mass is 16.3. The number of hydrogen-bond donors (Lipinski definition) is 0. The molecule has 0 fully saturated rings. The Morgan fingerprint density at radius 3 is 2.43 bits per heavy atom. The first kappa shape index (κ1) is 12.2. The van der Waals surface area contributed by atoms with E-state index in [0.29, 0.717) is 5.89 Å². The van der Waals surface area contributed by atoms with Crippen molar-refractivity contribution in [2.75, 3.05) is 0 Å². The van der Waals surface area contributed by atoms with Gasteiger partial charge < -0.3 is 4.42 Å². The zero-order valence-electron chi connectivity index (χ0n) is 12.1. The van der Waals surface area contributed by atoms with Crippen molar-refractivity contribution in [3.8, 4) is 11.5 Å². The molecule has 4 aromatic rings. The van der Waals surface area contributed by atoms with Crippen molar-refractivity contribution in [2.45, 2.75) is 13.8 Å². The quantitative estimate of drug-likeness (QED) is 0.472. The zero-order chi connectivity index (χ0) is 14.4. The molecule has 3 aromatic carbocycles. The van der Waals surface area contributed by atoms with Crippen LogP contribution in [0.15, 0.2) is 59.0 Å². The Bertz CT molecular complexity index is 927. The topological polar surface area (TPSA) is 26.0 Å². The Morgan fingerprint density at radius 2 is 1.57 bits per heavy atom. The summed E-state index contributed by atoms with van der Waals surface area (Å²) in [5, 5.41) is 2.42. The highest BCUT2D eigenvalue weighted by Crippen LogP contribution is 2.28. The van der Waals surface area contributed by atoms with E-state index in [0.717, 1.165) is 16.7 Å². The first-order chi connectivity index (χ1) is 10.2. The van der Waals surface area contributed by atoms with E-state index in [2.05, 4.69) is 61.3 Å². The summed E-state index contributed by atoms with van der Waals surface area (Å²) in [4.78, 5) is 4.63. The van der Waals surface area contributed by atoms with Gasteiger partial charge in [0.25, 0.3) is 0 Å². The van der Waals surface area contributed by atoms with Crippen molar-refractivity contribution in [1.29, 1.82) is 0 Å². The summed E-state index contributed by atoms with van der Waals surface area (Å²) in [5.41, 5.74) is 5.24. The molecule has 102 valence electrons. The van der Waals surface area contributed by atoms with Gasteiger partial charge in [-0.05, 0) is 60.0 Å². The monoisotopic (exact) mass is 273 g/mol. The fourth-order valence-electron chi connectivity index (χ4n) is 2.63. The number of aromatic nitrogens is 1. The maximum absolute atomic E-state index is 5.93. The molecule has 0 radical (unpaired) electrons. The SMILES string of the molecule is Cc1cc2nc(-c3ccc4ccccc4c3)oc2cc1C. The molecule has 0 aliphatic rings. The lowest BCUT2D eigenvalue weighted by molar-refractivity contribution is 0.619. The van der Waals surface area contributed by atoms with Crippen molar-refractivity contribution in [3.63, 3.8) is 0 Å². The molecular weight excluding hydrogens is 258 g/mol. The summed E-state index contributed by atoms with van der Waals surface area (Å²) in [6, 6.07) is 18.7. The first-order valence-corrected chi connectivity index (χ1v) is 7.08. The van der Waals surface area contributed by atoms with Gasteiger partial charge in [0, 0.05) is 5.56 Å². The van der Waals surface area contributed by atoms with Crippen LogP contribution in [0.2, 0.25) is 0 Å². The Hall–Kier alpha value is -2.61. The molecule has 1 aromatic heterocycles. The lowest BCUT2D eigenvalue weighted by atomic mass is 10.1. The Kier molecular flexibility index (Phi) is 2.58. The second-order valence-corrected chi connectivity index (χ2v) is 5.49. The van der Waals surface area contributed by atoms with Crippen molar-refractivity contribution in [3.05, 3.63) is 65.7 Å². The molecule has 0 bridgehead atoms. The summed E-state index contributed by atoms with van der Waals surface area (Å²) < 4.78 is 5.93. The van der Waals surface area contributed by atoms with Gasteiger partial charge in [0.05, 0.1) is 0 Å². The number of benzene rings is 3. The molecule has 21 heavy (non-hydrogen) atoms. The molecule has 0 atom stereocenters. The summed E-state index contributed by atoms with van der Waals surface area (Å²) in [6.45, 7) is 4.19. The third kappa shape index (κ3) is 2.00. The van der Waals surface area contributed by atoms with Crippen LogP contribution in [-0.2, 0) is 0 Å². The maximum Gasteiger partial charge on any atom is 0.227 e. The third-order valence-electron chi connectivity index (χ3n) is 4.00. The molecule has 0 spiro atoms. The van der Waals surface area contributed by atoms with Crippen LogP contribution in [0.25, 0.3) is 33.3 Å². The van der Waals surface area contributed by atoms with Gasteiger partial charge in [-0.25, -0.2) is 4.98 Å². The summed E-state index contributed by atoms with van der Waals surface area (Å²) in [7, 11) is 0. The van der Waals surface area contributed by atoms with E-state index in [4.69, 9.17) is 4.42 Å². The lowest BCUT2D eigenvalue weighted by Crippen LogP contribution is -1.80. The average molecular weight is 273 g/mol. The average Bonchev–Trinajstić information content (AvgIpc) is 2.90. The number of oxazole rings is 1. The largest absolute Gasteiger partial charge is 0.436 e. The fourth-order valence-corrected chi connectivity index (χ4v) is 2.63. The van der Waals surface area contributed by atoms with Crippen LogP contribution in [0, 0.1) is 13.8 Å². The number of fused-ring (bicyclic) bond motifs is 2. The minimum atomic E-state index is 0.681. The van der Waals surface area contributed by atoms with Gasteiger partial charge in [-0.3, -0.25) is 0 Å². The molecule has 0 saturated carbocycles. The second-order valence-electron chi connectivity index (χ2n) is 5.49. The maximum atomic E-state index is 5.93. The highest BCUT2D eigenvalue weighted by Gasteiger charge is 2.10. The van der Waals surface area contributed by atoms with Crippen molar-refractivity contribution in [2.24, 2.45) is 0 Å². The first-order valence-electron chi connectivity index (χ1n) is 7.08. The predicted molar refractivity (Wildman–Crippen MR) is 86.4 cm³/mol. The van der Waals surface area contributed by atoms with E-state index in [1.807, 2.05) is 12.1 Å². The van der Waals surface area contributed by atoms with Crippen LogP contribution >= 0.6 is 0 Å². The molecule has 0 N–H and O–H groups in total. The van der Waals surface area contributed by atoms with Crippen LogP contribution in [-0.4, -0.2) is 4.98 Å². The Labute approximate surface area is 123 Å². The second kappa shape index (κ2) is 4.45. The van der Waals surface area contributed by atoms with Crippen molar-refractivity contribution in [1.82, 2.24) is 4.98 Å². The van der Waals surface area contributed by atoms with Crippen LogP contribution < -0.4 is 0 Å². The van der Waals surface area contributed by atoms with Crippen LogP contribution in [0.1, 0.15) is 11.1 Å². The number of hydrogen-bond acceptors (Lipinski definition) is 2. The van der Waals surface area contributed by atoms with E-state index in [9.17, 15) is 0 Å². The molecular formula is C19H15NO. The van der Waals surface area contributed by atoms with E-state index in [1.54, 1.807) is 0 Å². The molecule has 0 aliphatic carbocycles. The van der Waals surface area contributed by atoms with E-state index in [1.165, 1.54) is 21.9 Å². The third-order valence-corrected chi connectivity index (χ3v) is 4.00. The summed E-state index contributed by atoms with van der Waals surface area (Å²) in [6.07, 6.45) is 0. The van der Waals surface area contributed by atoms with Gasteiger partial charge in [0.1, 0.15) is 5.52 Å². The van der Waals surface area contributed by atoms with E-state index < -0.39 is 0 Å². The van der Waals surface area contributed by atoms with Gasteiger partial charge in [-0.1, -0.05) is 30.3 Å². The van der Waals surface area contributed by atoms with Crippen LogP contribution in [0.4, 0.5) is 0 Å². The smallest absolute Gasteiger partial charge is 0.227 e. The minimum Gasteiger partial charge on any atom is -0.436 e. The summed E-state index contributed by atoms with van der Waals surface area (Å²) in [5.74, 6) is 0.681. The van der Waals surface area contributed by atoms with E-state index in [-0.39, 0.29) is 0 Å². The molecule has 1 heterocycles. The fraction of sp³-hybridized carbons (Fsp3) is 0.105. The number of aryl methyl sites for hydroxylation is 2. The van der Waals surface area contributed by atoms with Gasteiger partial charge in [0.15, 0.2) is 5.58 Å². The van der Waals surface area contributed by atoms with Crippen LogP contribution in [0.5, 0.6) is 0 Å². The van der Waals surface area contributed by atoms with Crippen molar-refractivity contribution < 1.29 is 4.42 Å². The Morgan fingerprint density at radius 1 is 0.810 bits per heavy atom. The van der Waals surface area contributed by atoms with Gasteiger partial charge in [-0.15, -0.1) is 0 Å². The van der Waals surface area contributed by atoms with Gasteiger partial charge >= 0.3 is 0 Å². The van der Waals surface area contributed by atoms with Crippen molar-refractivity contribution >= 4 is 21.9 Å². The normalized spacial score (nSPS) is 11.3. The number of nitrogens with zero attached hydrogens (tertiary/aromatic N) is 1. The van der Waals surface area contributed by atoms with E-state index >= 15 is 0 Å². The summed E-state index contributed by atoms with van der Waals surface area (Å²) >= 11 is 0. The lowest BCUT2D eigenvalue weighted by Gasteiger charge is -1.99. The standard InChI is InChI=1S/C19H15NO/c1-12-9-17-18(10-13(12)2)21-19(20-17)16-8-7-14-5-3-4-6-15(14)11-16/h3-11H,1-2H3. The molecule has 2 nitrogen and oxygen atoms in total. The predicted octanol–water partition coefficient (Wildman–Crippen LogP) is 5.26. The Balaban J connectivity index is 1.91.